The molecule has 2 aromatic rings. The summed E-state index contributed by atoms with van der Waals surface area (Å²) in [6.07, 6.45) is 1.84. The summed E-state index contributed by atoms with van der Waals surface area (Å²) in [6.45, 7) is 1.69. The van der Waals surface area contributed by atoms with Crippen LogP contribution in [0.2, 0.25) is 0 Å². The van der Waals surface area contributed by atoms with Gasteiger partial charge in [-0.1, -0.05) is 25.1 Å². The summed E-state index contributed by atoms with van der Waals surface area (Å²) in [4.78, 5) is 12.4. The highest BCUT2D eigenvalue weighted by Gasteiger charge is 2.21. The van der Waals surface area contributed by atoms with E-state index in [1.807, 2.05) is 25.1 Å². The van der Waals surface area contributed by atoms with E-state index in [2.05, 4.69) is 5.32 Å². The van der Waals surface area contributed by atoms with Crippen molar-refractivity contribution in [1.82, 2.24) is 0 Å². The number of hydrogen-bond acceptors (Lipinski definition) is 4. The van der Waals surface area contributed by atoms with Crippen LogP contribution in [-0.4, -0.2) is 34.2 Å². The molecular weight excluding hydrogens is 340 g/mol. The van der Waals surface area contributed by atoms with Crippen LogP contribution < -0.4 is 14.4 Å². The summed E-state index contributed by atoms with van der Waals surface area (Å²) >= 11 is 0. The second-order valence-corrected chi connectivity index (χ2v) is 7.43. The first-order valence-corrected chi connectivity index (χ1v) is 9.69. The maximum absolute atomic E-state index is 12.4. The van der Waals surface area contributed by atoms with Gasteiger partial charge in [0.15, 0.2) is 0 Å². The fourth-order valence-electron chi connectivity index (χ4n) is 2.42. The number of carbonyl (C=O) groups excluding carboxylic acids is 1. The van der Waals surface area contributed by atoms with Crippen molar-refractivity contribution in [2.24, 2.45) is 0 Å². The average molecular weight is 362 g/mol. The Kier molecular flexibility index (Phi) is 6.03. The number of amides is 1. The maximum Gasteiger partial charge on any atom is 0.245 e. The first kappa shape index (κ1) is 18.8. The van der Waals surface area contributed by atoms with Crippen molar-refractivity contribution in [3.05, 3.63) is 54.1 Å². The number of rotatable bonds is 7. The van der Waals surface area contributed by atoms with Crippen LogP contribution in [0, 0.1) is 0 Å². The molecule has 0 bridgehead atoms. The first-order valence-electron chi connectivity index (χ1n) is 7.84. The standard InChI is InChI=1S/C18H22N2O4S/c1-4-14-7-5-6-8-17(14)19-18(21)13-20(25(3,22)23)15-9-11-16(24-2)12-10-15/h5-12H,4,13H2,1-3H3,(H,19,21). The minimum absolute atomic E-state index is 0.302. The maximum atomic E-state index is 12.4. The quantitative estimate of drug-likeness (QED) is 0.822. The molecular formula is C18H22N2O4S. The van der Waals surface area contributed by atoms with Gasteiger partial charge in [-0.15, -0.1) is 0 Å². The minimum atomic E-state index is -3.61. The predicted molar refractivity (Wildman–Crippen MR) is 99.6 cm³/mol. The highest BCUT2D eigenvalue weighted by atomic mass is 32.2. The molecule has 0 aliphatic heterocycles. The summed E-state index contributed by atoms with van der Waals surface area (Å²) in [6, 6.07) is 14.0. The van der Waals surface area contributed by atoms with Crippen molar-refractivity contribution >= 4 is 27.3 Å². The summed E-state index contributed by atoms with van der Waals surface area (Å²) in [5.41, 5.74) is 2.09. The molecule has 6 nitrogen and oxygen atoms in total. The molecule has 25 heavy (non-hydrogen) atoms. The summed E-state index contributed by atoms with van der Waals surface area (Å²) in [5, 5.41) is 2.79. The Morgan fingerprint density at radius 3 is 2.32 bits per heavy atom. The Bertz CT molecular complexity index is 832. The molecule has 0 fully saturated rings. The van der Waals surface area contributed by atoms with E-state index in [1.165, 1.54) is 7.11 Å². The van der Waals surface area contributed by atoms with Crippen LogP contribution in [0.3, 0.4) is 0 Å². The Morgan fingerprint density at radius 2 is 1.76 bits per heavy atom. The number of carbonyl (C=O) groups is 1. The van der Waals surface area contributed by atoms with Gasteiger partial charge in [0.25, 0.3) is 0 Å². The predicted octanol–water partition coefficient (Wildman–Crippen LogP) is 2.66. The summed E-state index contributed by atoms with van der Waals surface area (Å²) < 4.78 is 30.4. The van der Waals surface area contributed by atoms with E-state index < -0.39 is 15.9 Å². The van der Waals surface area contributed by atoms with Gasteiger partial charge in [-0.05, 0) is 42.3 Å². The molecule has 1 amide bonds. The number of nitrogens with one attached hydrogen (secondary N) is 1. The Hall–Kier alpha value is -2.54. The van der Waals surface area contributed by atoms with Crippen molar-refractivity contribution in [3.8, 4) is 5.75 Å². The second-order valence-electron chi connectivity index (χ2n) is 5.53. The van der Waals surface area contributed by atoms with E-state index in [1.54, 1.807) is 30.3 Å². The lowest BCUT2D eigenvalue weighted by molar-refractivity contribution is -0.114. The van der Waals surface area contributed by atoms with Crippen molar-refractivity contribution in [2.45, 2.75) is 13.3 Å². The van der Waals surface area contributed by atoms with E-state index in [9.17, 15) is 13.2 Å². The van der Waals surface area contributed by atoms with E-state index in [0.29, 0.717) is 17.1 Å². The third kappa shape index (κ3) is 4.96. The Labute approximate surface area is 148 Å². The van der Waals surface area contributed by atoms with Gasteiger partial charge >= 0.3 is 0 Å². The SMILES string of the molecule is CCc1ccccc1NC(=O)CN(c1ccc(OC)cc1)S(C)(=O)=O. The molecule has 0 atom stereocenters. The molecule has 0 saturated carbocycles. The molecule has 0 aliphatic rings. The van der Waals surface area contributed by atoms with E-state index >= 15 is 0 Å². The van der Waals surface area contributed by atoms with Crippen LogP contribution in [-0.2, 0) is 21.2 Å². The van der Waals surface area contributed by atoms with Gasteiger partial charge in [-0.25, -0.2) is 8.42 Å². The third-order valence-corrected chi connectivity index (χ3v) is 4.86. The van der Waals surface area contributed by atoms with Crippen molar-refractivity contribution < 1.29 is 17.9 Å². The molecule has 2 rings (SSSR count). The smallest absolute Gasteiger partial charge is 0.245 e. The molecule has 0 aromatic heterocycles. The molecule has 0 spiro atoms. The number of nitrogens with zero attached hydrogens (tertiary/aromatic N) is 1. The van der Waals surface area contributed by atoms with Crippen LogP contribution >= 0.6 is 0 Å². The van der Waals surface area contributed by atoms with Crippen LogP contribution in [0.25, 0.3) is 0 Å². The zero-order valence-corrected chi connectivity index (χ0v) is 15.3. The van der Waals surface area contributed by atoms with E-state index in [0.717, 1.165) is 22.5 Å². The van der Waals surface area contributed by atoms with Crippen molar-refractivity contribution in [1.29, 1.82) is 0 Å². The summed E-state index contributed by atoms with van der Waals surface area (Å²) in [5.74, 6) is 0.209. The number of methoxy groups -OCH3 is 1. The zero-order valence-electron chi connectivity index (χ0n) is 14.5. The molecule has 0 unspecified atom stereocenters. The highest BCUT2D eigenvalue weighted by molar-refractivity contribution is 7.92. The van der Waals surface area contributed by atoms with Gasteiger partial charge in [-0.2, -0.15) is 0 Å². The van der Waals surface area contributed by atoms with Crippen LogP contribution in [0.4, 0.5) is 11.4 Å². The van der Waals surface area contributed by atoms with E-state index in [4.69, 9.17) is 4.74 Å². The molecule has 0 radical (unpaired) electrons. The molecule has 7 heteroatoms. The second kappa shape index (κ2) is 8.02. The van der Waals surface area contributed by atoms with Crippen molar-refractivity contribution in [3.63, 3.8) is 0 Å². The van der Waals surface area contributed by atoms with Crippen LogP contribution in [0.1, 0.15) is 12.5 Å². The molecule has 134 valence electrons. The van der Waals surface area contributed by atoms with Crippen LogP contribution in [0.5, 0.6) is 5.75 Å². The van der Waals surface area contributed by atoms with Gasteiger partial charge in [0.1, 0.15) is 12.3 Å². The van der Waals surface area contributed by atoms with Gasteiger partial charge in [0.2, 0.25) is 15.9 Å². The fourth-order valence-corrected chi connectivity index (χ4v) is 3.28. The number of ether oxygens (including phenoxy) is 1. The zero-order chi connectivity index (χ0) is 18.4. The lowest BCUT2D eigenvalue weighted by Gasteiger charge is -2.22. The lowest BCUT2D eigenvalue weighted by Crippen LogP contribution is -2.37. The molecule has 0 heterocycles. The number of benzene rings is 2. The van der Waals surface area contributed by atoms with Gasteiger partial charge < -0.3 is 10.1 Å². The Balaban J connectivity index is 2.20. The number of hydrogen-bond donors (Lipinski definition) is 1. The number of anilines is 2. The minimum Gasteiger partial charge on any atom is -0.497 e. The number of para-hydroxylation sites is 1. The average Bonchev–Trinajstić information content (AvgIpc) is 2.59. The van der Waals surface area contributed by atoms with E-state index in [-0.39, 0.29) is 6.54 Å². The van der Waals surface area contributed by atoms with Gasteiger partial charge in [0.05, 0.1) is 19.1 Å². The third-order valence-electron chi connectivity index (χ3n) is 3.72. The first-order chi connectivity index (χ1) is 11.8. The number of aryl methyl sites for hydroxylation is 1. The normalized spacial score (nSPS) is 11.0. The number of sulfonamides is 1. The monoisotopic (exact) mass is 362 g/mol. The highest BCUT2D eigenvalue weighted by Crippen LogP contribution is 2.22. The fraction of sp³-hybridized carbons (Fsp3) is 0.278. The van der Waals surface area contributed by atoms with Gasteiger partial charge in [0, 0.05) is 5.69 Å². The van der Waals surface area contributed by atoms with Gasteiger partial charge in [-0.3, -0.25) is 9.10 Å². The summed E-state index contributed by atoms with van der Waals surface area (Å²) in [7, 11) is -2.08. The largest absolute Gasteiger partial charge is 0.497 e. The van der Waals surface area contributed by atoms with Crippen LogP contribution in [0.15, 0.2) is 48.5 Å². The Morgan fingerprint density at radius 1 is 1.12 bits per heavy atom. The molecule has 1 N–H and O–H groups in total. The molecule has 2 aromatic carbocycles. The van der Waals surface area contributed by atoms with Crippen molar-refractivity contribution in [2.75, 3.05) is 29.5 Å². The molecule has 0 saturated heterocycles. The topological polar surface area (TPSA) is 75.7 Å². The lowest BCUT2D eigenvalue weighted by atomic mass is 10.1. The molecule has 0 aliphatic carbocycles.